The molecule has 0 atom stereocenters. The number of rotatable bonds is 7. The largest absolute Gasteiger partial charge is 0.328 e. The normalized spacial score (nSPS) is 11.2. The maximum Gasteiger partial charge on any atom is 0.289 e. The molecular formula is C23H22N6O2. The van der Waals surface area contributed by atoms with Gasteiger partial charge < -0.3 is 10.6 Å². The van der Waals surface area contributed by atoms with E-state index in [2.05, 4.69) is 31.1 Å². The monoisotopic (exact) mass is 414 g/mol. The highest BCUT2D eigenvalue weighted by atomic mass is 16.2. The lowest BCUT2D eigenvalue weighted by atomic mass is 10.2. The molecule has 0 unspecified atom stereocenters. The van der Waals surface area contributed by atoms with Gasteiger partial charge in [-0.15, -0.1) is 0 Å². The van der Waals surface area contributed by atoms with Gasteiger partial charge >= 0.3 is 0 Å². The smallest absolute Gasteiger partial charge is 0.289 e. The third-order valence-electron chi connectivity index (χ3n) is 4.13. The van der Waals surface area contributed by atoms with Crippen molar-refractivity contribution in [2.45, 2.75) is 13.8 Å². The molecule has 0 saturated carbocycles. The summed E-state index contributed by atoms with van der Waals surface area (Å²) in [5.41, 5.74) is 5.50. The van der Waals surface area contributed by atoms with Gasteiger partial charge in [0.2, 0.25) is 5.95 Å². The molecule has 0 aliphatic heterocycles. The van der Waals surface area contributed by atoms with Crippen molar-refractivity contribution in [2.24, 2.45) is 5.10 Å². The molecule has 8 heteroatoms. The van der Waals surface area contributed by atoms with Gasteiger partial charge in [0.25, 0.3) is 11.8 Å². The molecule has 0 bridgehead atoms. The predicted molar refractivity (Wildman–Crippen MR) is 119 cm³/mol. The number of carbonyl (C=O) groups excluding carboxylic acids is 2. The summed E-state index contributed by atoms with van der Waals surface area (Å²) in [6.07, 6.45) is 4.43. The van der Waals surface area contributed by atoms with Crippen LogP contribution in [0.4, 0.5) is 5.95 Å². The SMILES string of the molecule is Cc1ccc(C=NNC(=O)/C(=C\Nc2nccc(C)n2)NC(=O)c2ccccc2)cc1. The van der Waals surface area contributed by atoms with E-state index in [1.54, 1.807) is 42.6 Å². The molecule has 3 rings (SSSR count). The molecule has 0 radical (unpaired) electrons. The van der Waals surface area contributed by atoms with Crippen LogP contribution in [0.2, 0.25) is 0 Å². The number of hydrogen-bond donors (Lipinski definition) is 3. The van der Waals surface area contributed by atoms with Crippen molar-refractivity contribution in [3.8, 4) is 0 Å². The summed E-state index contributed by atoms with van der Waals surface area (Å²) in [5.74, 6) is -0.744. The van der Waals surface area contributed by atoms with Gasteiger partial charge in [-0.3, -0.25) is 9.59 Å². The number of hydrogen-bond acceptors (Lipinski definition) is 6. The van der Waals surface area contributed by atoms with Gasteiger partial charge in [0.05, 0.1) is 6.21 Å². The van der Waals surface area contributed by atoms with E-state index in [1.807, 2.05) is 38.1 Å². The molecule has 0 aliphatic rings. The van der Waals surface area contributed by atoms with Crippen molar-refractivity contribution in [2.75, 3.05) is 5.32 Å². The molecule has 1 aromatic heterocycles. The van der Waals surface area contributed by atoms with Crippen molar-refractivity contribution < 1.29 is 9.59 Å². The Kier molecular flexibility index (Phi) is 7.21. The summed E-state index contributed by atoms with van der Waals surface area (Å²) in [6, 6.07) is 18.0. The van der Waals surface area contributed by atoms with Crippen LogP contribution in [0.15, 0.2) is 83.9 Å². The molecule has 2 aromatic carbocycles. The minimum atomic E-state index is -0.604. The number of amides is 2. The highest BCUT2D eigenvalue weighted by molar-refractivity contribution is 6.03. The summed E-state index contributed by atoms with van der Waals surface area (Å²) in [5, 5.41) is 9.38. The van der Waals surface area contributed by atoms with Gasteiger partial charge in [-0.25, -0.2) is 15.4 Å². The first-order chi connectivity index (χ1) is 15.0. The van der Waals surface area contributed by atoms with E-state index in [-0.39, 0.29) is 5.70 Å². The second kappa shape index (κ2) is 10.4. The van der Waals surface area contributed by atoms with Crippen LogP contribution in [-0.2, 0) is 4.79 Å². The fourth-order valence-corrected chi connectivity index (χ4v) is 2.48. The predicted octanol–water partition coefficient (Wildman–Crippen LogP) is 2.93. The number of hydrazone groups is 1. The first kappa shape index (κ1) is 21.4. The number of anilines is 1. The number of aryl methyl sites for hydroxylation is 2. The van der Waals surface area contributed by atoms with Crippen molar-refractivity contribution in [1.82, 2.24) is 20.7 Å². The molecule has 8 nitrogen and oxygen atoms in total. The van der Waals surface area contributed by atoms with Gasteiger partial charge in [-0.05, 0) is 37.6 Å². The maximum absolute atomic E-state index is 12.7. The molecule has 31 heavy (non-hydrogen) atoms. The van der Waals surface area contributed by atoms with Crippen LogP contribution in [0.5, 0.6) is 0 Å². The lowest BCUT2D eigenvalue weighted by Crippen LogP contribution is -2.33. The zero-order chi connectivity index (χ0) is 22.1. The van der Waals surface area contributed by atoms with Crippen LogP contribution in [0, 0.1) is 13.8 Å². The molecule has 0 fully saturated rings. The fraction of sp³-hybridized carbons (Fsp3) is 0.0870. The third-order valence-corrected chi connectivity index (χ3v) is 4.13. The average Bonchev–Trinajstić information content (AvgIpc) is 2.78. The van der Waals surface area contributed by atoms with Gasteiger partial charge in [0.1, 0.15) is 5.70 Å². The summed E-state index contributed by atoms with van der Waals surface area (Å²) < 4.78 is 0. The second-order valence-electron chi connectivity index (χ2n) is 6.65. The molecule has 3 aromatic rings. The van der Waals surface area contributed by atoms with Crippen molar-refractivity contribution in [3.05, 3.63) is 101 Å². The molecular weight excluding hydrogens is 392 g/mol. The van der Waals surface area contributed by atoms with Gasteiger partial charge in [-0.1, -0.05) is 48.0 Å². The Morgan fingerprint density at radius 1 is 0.968 bits per heavy atom. The molecule has 1 heterocycles. The van der Waals surface area contributed by atoms with Crippen LogP contribution in [0.3, 0.4) is 0 Å². The average molecular weight is 414 g/mol. The van der Waals surface area contributed by atoms with Crippen molar-refractivity contribution in [3.63, 3.8) is 0 Å². The lowest BCUT2D eigenvalue weighted by molar-refractivity contribution is -0.117. The summed E-state index contributed by atoms with van der Waals surface area (Å²) in [6.45, 7) is 3.81. The topological polar surface area (TPSA) is 108 Å². The van der Waals surface area contributed by atoms with Crippen LogP contribution < -0.4 is 16.1 Å². The Bertz CT molecular complexity index is 1110. The third kappa shape index (κ3) is 6.60. The van der Waals surface area contributed by atoms with Gasteiger partial charge in [-0.2, -0.15) is 5.10 Å². The zero-order valence-electron chi connectivity index (χ0n) is 17.2. The summed E-state index contributed by atoms with van der Waals surface area (Å²) in [7, 11) is 0. The maximum atomic E-state index is 12.7. The quantitative estimate of drug-likeness (QED) is 0.313. The Morgan fingerprint density at radius 3 is 2.42 bits per heavy atom. The first-order valence-electron chi connectivity index (χ1n) is 9.54. The number of carbonyl (C=O) groups is 2. The van der Waals surface area contributed by atoms with E-state index in [0.717, 1.165) is 16.8 Å². The number of aromatic nitrogens is 2. The minimum absolute atomic E-state index is 0.0417. The second-order valence-corrected chi connectivity index (χ2v) is 6.65. The Balaban J connectivity index is 1.74. The summed E-state index contributed by atoms with van der Waals surface area (Å²) >= 11 is 0. The summed E-state index contributed by atoms with van der Waals surface area (Å²) in [4.78, 5) is 33.5. The Labute approximate surface area is 180 Å². The van der Waals surface area contributed by atoms with Gasteiger partial charge in [0, 0.05) is 23.7 Å². The molecule has 0 aliphatic carbocycles. The Hall–Kier alpha value is -4.33. The van der Waals surface area contributed by atoms with E-state index in [9.17, 15) is 9.59 Å². The van der Waals surface area contributed by atoms with E-state index >= 15 is 0 Å². The van der Waals surface area contributed by atoms with Crippen molar-refractivity contribution >= 4 is 24.0 Å². The number of nitrogens with zero attached hydrogens (tertiary/aromatic N) is 3. The number of nitrogens with one attached hydrogen (secondary N) is 3. The van der Waals surface area contributed by atoms with E-state index < -0.39 is 11.8 Å². The first-order valence-corrected chi connectivity index (χ1v) is 9.54. The van der Waals surface area contributed by atoms with Crippen LogP contribution in [0.1, 0.15) is 27.2 Å². The standard InChI is InChI=1S/C23H22N6O2/c1-16-8-10-18(11-9-16)14-26-29-22(31)20(15-25-23-24-13-12-17(2)27-23)28-21(30)19-6-4-3-5-7-19/h3-15H,1-2H3,(H,28,30)(H,29,31)(H,24,25,27)/b20-15+,26-14?. The highest BCUT2D eigenvalue weighted by Gasteiger charge is 2.14. The molecule has 156 valence electrons. The zero-order valence-corrected chi connectivity index (χ0v) is 17.2. The Morgan fingerprint density at radius 2 is 1.71 bits per heavy atom. The highest BCUT2D eigenvalue weighted by Crippen LogP contribution is 2.04. The van der Waals surface area contributed by atoms with E-state index in [0.29, 0.717) is 11.5 Å². The van der Waals surface area contributed by atoms with Crippen molar-refractivity contribution in [1.29, 1.82) is 0 Å². The molecule has 3 N–H and O–H groups in total. The molecule has 2 amide bonds. The fourth-order valence-electron chi connectivity index (χ4n) is 2.48. The van der Waals surface area contributed by atoms with E-state index in [1.165, 1.54) is 12.4 Å². The van der Waals surface area contributed by atoms with Gasteiger partial charge in [0.15, 0.2) is 0 Å². The van der Waals surface area contributed by atoms with Crippen LogP contribution in [-0.4, -0.2) is 28.0 Å². The van der Waals surface area contributed by atoms with E-state index in [4.69, 9.17) is 0 Å². The minimum Gasteiger partial charge on any atom is -0.328 e. The van der Waals surface area contributed by atoms with Crippen LogP contribution >= 0.6 is 0 Å². The lowest BCUT2D eigenvalue weighted by Gasteiger charge is -2.09. The molecule has 0 spiro atoms. The molecule has 0 saturated heterocycles. The van der Waals surface area contributed by atoms with Crippen LogP contribution in [0.25, 0.3) is 0 Å². The number of benzene rings is 2.